The van der Waals surface area contributed by atoms with Crippen LogP contribution in [0.1, 0.15) is 45.4 Å². The van der Waals surface area contributed by atoms with Crippen LogP contribution in [0.5, 0.6) is 0 Å². The predicted octanol–water partition coefficient (Wildman–Crippen LogP) is -12.0. The summed E-state index contributed by atoms with van der Waals surface area (Å²) in [5, 5.41) is 98.3. The van der Waals surface area contributed by atoms with Crippen LogP contribution in [0.15, 0.2) is 0 Å². The van der Waals surface area contributed by atoms with E-state index in [1.54, 1.807) is 28.1 Å². The maximum absolute atomic E-state index is 11.5. The molecular weight excluding hydrogens is 762 g/mol. The Morgan fingerprint density at radius 1 is 0.500 bits per heavy atom. The molecule has 0 heterocycles. The van der Waals surface area contributed by atoms with Crippen molar-refractivity contribution in [1.82, 2.24) is 0 Å². The summed E-state index contributed by atoms with van der Waals surface area (Å²) in [4.78, 5) is 82.0. The third kappa shape index (κ3) is 25.0. The number of hydrogen-bond donors (Lipinski definition) is 3. The van der Waals surface area contributed by atoms with Gasteiger partial charge < -0.3 is 89.1 Å². The van der Waals surface area contributed by atoms with Crippen LogP contribution in [-0.4, -0.2) is 112 Å². The van der Waals surface area contributed by atoms with Gasteiger partial charge in [0, 0.05) is 68.4 Å². The largest absolute Gasteiger partial charge is 2.00 e. The minimum absolute atomic E-state index is 0. The zero-order valence-corrected chi connectivity index (χ0v) is 33.4. The van der Waals surface area contributed by atoms with E-state index in [2.05, 4.69) is 0 Å². The molecule has 22 heteroatoms. The molecule has 0 spiro atoms. The Morgan fingerprint density at radius 2 is 0.705 bits per heavy atom. The maximum Gasteiger partial charge on any atom is 2.00 e. The first-order valence-electron chi connectivity index (χ1n) is 11.1. The number of carbonyl (C=O) groups is 8. The Labute approximate surface area is 288 Å². The molecule has 0 amide bonds. The molecule has 0 aromatic rings. The van der Waals surface area contributed by atoms with Crippen molar-refractivity contribution >= 4 is 47.6 Å². The number of ketones is 1. The third-order valence-electron chi connectivity index (χ3n) is 4.52. The zero-order chi connectivity index (χ0) is 33.6. The van der Waals surface area contributed by atoms with E-state index in [9.17, 15) is 79.2 Å². The third-order valence-corrected chi connectivity index (χ3v) is 4.52. The molecule has 0 fully saturated rings. The van der Waals surface area contributed by atoms with Crippen LogP contribution in [0, 0.1) is 0 Å². The van der Waals surface area contributed by atoms with Gasteiger partial charge in [-0.3, -0.25) is 4.79 Å². The Hall–Kier alpha value is -2.33. The Morgan fingerprint density at radius 3 is 0.841 bits per heavy atom. The minimum Gasteiger partial charge on any atom is -0.550 e. The number of carboxylic acids is 7. The molecule has 1 atom stereocenters. The number of rotatable bonds is 16. The van der Waals surface area contributed by atoms with Crippen molar-refractivity contribution < 1.29 is 152 Å². The Balaban J connectivity index is -0.000000119. The van der Waals surface area contributed by atoms with Crippen molar-refractivity contribution in [3.05, 3.63) is 0 Å². The fourth-order valence-corrected chi connectivity index (χ4v) is 2.96. The normalized spacial score (nSPS) is 11.8. The summed E-state index contributed by atoms with van der Waals surface area (Å²) in [6, 6.07) is 0. The van der Waals surface area contributed by atoms with Crippen molar-refractivity contribution in [1.29, 1.82) is 0 Å². The molecule has 0 saturated carbocycles. The van der Waals surface area contributed by atoms with Gasteiger partial charge in [0.15, 0.2) is 11.4 Å². The quantitative estimate of drug-likeness (QED) is 0.0965. The molecule has 19 nitrogen and oxygen atoms in total. The zero-order valence-electron chi connectivity index (χ0n) is 24.5. The second kappa shape index (κ2) is 23.1. The van der Waals surface area contributed by atoms with E-state index in [1.165, 1.54) is 0 Å². The molecule has 0 aliphatic heterocycles. The second-order valence-corrected chi connectivity index (χ2v) is 9.64. The van der Waals surface area contributed by atoms with Crippen LogP contribution in [0.2, 0.25) is 0 Å². The van der Waals surface area contributed by atoms with Gasteiger partial charge in [-0.05, 0) is 0 Å². The van der Waals surface area contributed by atoms with Gasteiger partial charge in [-0.2, -0.15) is 0 Å². The summed E-state index contributed by atoms with van der Waals surface area (Å²) in [5.74, 6) is -13.8. The van der Waals surface area contributed by atoms with E-state index < -0.39 is 96.5 Å². The summed E-state index contributed by atoms with van der Waals surface area (Å²) in [5.41, 5.74) is -7.76. The van der Waals surface area contributed by atoms with Crippen LogP contribution in [-0.2, 0) is 96.8 Å². The molecule has 0 rings (SSSR count). The van der Waals surface area contributed by atoms with Gasteiger partial charge in [-0.1, -0.05) is 6.92 Å². The van der Waals surface area contributed by atoms with Crippen molar-refractivity contribution in [2.75, 3.05) is 27.7 Å². The van der Waals surface area contributed by atoms with E-state index in [-0.39, 0.29) is 71.4 Å². The van der Waals surface area contributed by atoms with Crippen LogP contribution in [0.3, 0.4) is 0 Å². The van der Waals surface area contributed by atoms with Crippen molar-refractivity contribution in [3.8, 4) is 0 Å². The maximum atomic E-state index is 11.5. The summed E-state index contributed by atoms with van der Waals surface area (Å²) >= 11 is 0. The summed E-state index contributed by atoms with van der Waals surface area (Å²) in [6.45, 7) is 1.66. The first kappa shape index (κ1) is 54.2. The standard InChI is InChI=1S/C10H19NO4.2C6H8O7.3Zn/c1-5-8(12)10(15,6-9(13)14)7-11(2,3)4;2*7-3(8)1-6(13,5(11)12)2-4(9)10;;;/h15H,5-7H2,1-4H3;2*13H,1-2H2,(H,7,8)(H,9,10)(H,11,12);;;/q;;;3*+2/p-6/t10-;;;;;/m1...../s1. The summed E-state index contributed by atoms with van der Waals surface area (Å²) in [6.07, 6.45) is -5.96. The molecular formula is C22H29NO18Zn3. The van der Waals surface area contributed by atoms with E-state index >= 15 is 0 Å². The molecule has 0 aromatic heterocycles. The molecule has 0 aromatic carbocycles. The molecule has 0 aliphatic rings. The number of hydrogen-bond acceptors (Lipinski definition) is 18. The Bertz CT molecular complexity index is 929. The van der Waals surface area contributed by atoms with Gasteiger partial charge in [-0.25, -0.2) is 0 Å². The van der Waals surface area contributed by atoms with E-state index in [4.69, 9.17) is 10.2 Å². The van der Waals surface area contributed by atoms with Gasteiger partial charge in [0.2, 0.25) is 0 Å². The Kier molecular flexibility index (Phi) is 28.4. The molecule has 0 unspecified atom stereocenters. The van der Waals surface area contributed by atoms with Gasteiger partial charge >= 0.3 is 58.4 Å². The van der Waals surface area contributed by atoms with Crippen molar-refractivity contribution in [2.24, 2.45) is 0 Å². The van der Waals surface area contributed by atoms with Crippen LogP contribution in [0.25, 0.3) is 0 Å². The molecule has 0 saturated heterocycles. The number of Topliss-reactive ketones (excluding diaryl/α,β-unsaturated/α-hetero) is 1. The fourth-order valence-electron chi connectivity index (χ4n) is 2.96. The smallest absolute Gasteiger partial charge is 0.550 e. The number of carboxylic acid groups (broad SMARTS) is 7. The van der Waals surface area contributed by atoms with Crippen LogP contribution >= 0.6 is 0 Å². The summed E-state index contributed by atoms with van der Waals surface area (Å²) in [7, 11) is 5.34. The van der Waals surface area contributed by atoms with Gasteiger partial charge in [0.25, 0.3) is 0 Å². The molecule has 0 bridgehead atoms. The minimum atomic E-state index is -2.97. The number of carbonyl (C=O) groups excluding carboxylic acids is 8. The van der Waals surface area contributed by atoms with Gasteiger partial charge in [-0.15, -0.1) is 0 Å². The second-order valence-electron chi connectivity index (χ2n) is 9.64. The molecule has 236 valence electrons. The monoisotopic (exact) mass is 787 g/mol. The topological polar surface area (TPSA) is 359 Å². The van der Waals surface area contributed by atoms with Gasteiger partial charge in [0.1, 0.15) is 17.7 Å². The number of quaternary nitrogens is 1. The van der Waals surface area contributed by atoms with E-state index in [1.807, 2.05) is 0 Å². The number of likely N-dealkylation sites (N-methyl/N-ethyl adjacent to an activating group) is 1. The SMILES string of the molecule is CCC(=O)[C@@](O)(CC(=O)[O-])C[N+](C)(C)C.O=C([O-])CC(O)(CC(=O)[O-])C(=O)[O-].O=C([O-])CC(O)(CC(=O)[O-])C(=O)[O-].[Zn+2].[Zn+2].[Zn+2]. The van der Waals surface area contributed by atoms with Crippen LogP contribution in [0.4, 0.5) is 0 Å². The molecule has 44 heavy (non-hydrogen) atoms. The fraction of sp³-hybridized carbons (Fsp3) is 0.636. The van der Waals surface area contributed by atoms with E-state index in [0.717, 1.165) is 0 Å². The molecule has 3 N–H and O–H groups in total. The number of aliphatic hydroxyl groups is 3. The first-order chi connectivity index (χ1) is 18.2. The number of nitrogens with zero attached hydrogens (tertiary/aromatic N) is 1. The first-order valence-corrected chi connectivity index (χ1v) is 11.1. The average Bonchev–Trinajstić information content (AvgIpc) is 2.69. The number of aliphatic carboxylic acids is 7. The van der Waals surface area contributed by atoms with Gasteiger partial charge in [0.05, 0.1) is 33.1 Å². The van der Waals surface area contributed by atoms with Crippen molar-refractivity contribution in [3.63, 3.8) is 0 Å². The van der Waals surface area contributed by atoms with Crippen LogP contribution < -0.4 is 35.7 Å². The molecule has 0 aliphatic carbocycles. The van der Waals surface area contributed by atoms with E-state index in [0.29, 0.717) is 4.48 Å². The molecule has 0 radical (unpaired) electrons. The van der Waals surface area contributed by atoms with Crippen molar-refractivity contribution in [2.45, 2.75) is 62.3 Å². The predicted molar refractivity (Wildman–Crippen MR) is 111 cm³/mol. The summed E-state index contributed by atoms with van der Waals surface area (Å²) < 4.78 is 0.315. The average molecular weight is 792 g/mol.